The third kappa shape index (κ3) is 5.17. The molecule has 1 aliphatic heterocycles. The Balaban J connectivity index is 1.62. The van der Waals surface area contributed by atoms with E-state index in [9.17, 15) is 32.2 Å². The molecule has 0 unspecified atom stereocenters. The molecule has 29 heavy (non-hydrogen) atoms. The first-order valence-electron chi connectivity index (χ1n) is 8.52. The average molecular weight is 460 g/mol. The zero-order valence-corrected chi connectivity index (χ0v) is 16.5. The second-order valence-electron chi connectivity index (χ2n) is 6.77. The van der Waals surface area contributed by atoms with Gasteiger partial charge in [0.05, 0.1) is 4.90 Å². The maximum absolute atomic E-state index is 13.0. The molecule has 0 aromatic heterocycles. The molecule has 0 radical (unpaired) electrons. The highest BCUT2D eigenvalue weighted by molar-refractivity contribution is 8.45. The van der Waals surface area contributed by atoms with Crippen molar-refractivity contribution in [3.8, 4) is 0 Å². The van der Waals surface area contributed by atoms with Crippen LogP contribution in [-0.2, 0) is 10.0 Å². The Kier molecular flexibility index (Phi) is 4.91. The molecule has 0 spiro atoms. The molecule has 1 saturated heterocycles. The van der Waals surface area contributed by atoms with Crippen LogP contribution in [-0.4, -0.2) is 31.9 Å². The number of sulfonamides is 1. The molecule has 1 aliphatic rings. The number of benzene rings is 2. The van der Waals surface area contributed by atoms with E-state index in [4.69, 9.17) is 0 Å². The second-order valence-corrected chi connectivity index (χ2v) is 11.1. The zero-order valence-electron chi connectivity index (χ0n) is 14.9. The molecule has 0 atom stereocenters. The molecule has 1 N–H and O–H groups in total. The summed E-state index contributed by atoms with van der Waals surface area (Å²) in [5, 5.41) is 2.93. The van der Waals surface area contributed by atoms with E-state index in [0.29, 0.717) is 25.0 Å². The van der Waals surface area contributed by atoms with Gasteiger partial charge in [0, 0.05) is 24.8 Å². The quantitative estimate of drug-likeness (QED) is 0.579. The maximum Gasteiger partial charge on any atom is 0.310 e. The van der Waals surface area contributed by atoms with Gasteiger partial charge in [0.2, 0.25) is 10.0 Å². The molecule has 2 aromatic carbocycles. The van der Waals surface area contributed by atoms with E-state index in [1.165, 1.54) is 16.4 Å². The summed E-state index contributed by atoms with van der Waals surface area (Å²) in [4.78, 5) is -1.99. The fourth-order valence-electron chi connectivity index (χ4n) is 3.04. The first kappa shape index (κ1) is 21.8. The third-order valence-corrected chi connectivity index (χ3v) is 7.65. The van der Waals surface area contributed by atoms with Crippen molar-refractivity contribution < 1.29 is 32.2 Å². The number of anilines is 1. The van der Waals surface area contributed by atoms with Gasteiger partial charge >= 0.3 is 10.2 Å². The third-order valence-electron chi connectivity index (χ3n) is 4.58. The molecule has 0 saturated carbocycles. The van der Waals surface area contributed by atoms with Crippen LogP contribution in [0.1, 0.15) is 12.8 Å². The molecular formula is C17H18F6N2O2S2. The minimum absolute atomic E-state index is 0.0307. The predicted octanol–water partition coefficient (Wildman–Crippen LogP) is 5.75. The number of halogens is 6. The zero-order chi connectivity index (χ0) is 21.6. The van der Waals surface area contributed by atoms with E-state index in [0.717, 1.165) is 24.3 Å². The largest absolute Gasteiger partial charge is 0.382 e. The highest BCUT2D eigenvalue weighted by Gasteiger charge is 2.65. The lowest BCUT2D eigenvalue weighted by molar-refractivity contribution is 0.329. The molecule has 12 heteroatoms. The number of hydrogen-bond donors (Lipinski definition) is 1. The number of piperidine rings is 1. The number of hydrogen-bond acceptors (Lipinski definition) is 3. The molecular weight excluding hydrogens is 442 g/mol. The lowest BCUT2D eigenvalue weighted by Gasteiger charge is -2.40. The summed E-state index contributed by atoms with van der Waals surface area (Å²) in [5.41, 5.74) is 0.232. The second kappa shape index (κ2) is 6.54. The summed E-state index contributed by atoms with van der Waals surface area (Å²) in [6, 6.07) is 6.74. The SMILES string of the molecule is O=S(=O)(c1ccc(F)cc1)N1CCC(Nc2ccc(S(F)(F)(F)(F)F)cc2)CC1. The van der Waals surface area contributed by atoms with Gasteiger partial charge in [-0.25, -0.2) is 12.8 Å². The molecule has 4 nitrogen and oxygen atoms in total. The van der Waals surface area contributed by atoms with Crippen molar-refractivity contribution in [2.24, 2.45) is 0 Å². The minimum atomic E-state index is -9.71. The molecule has 2 aromatic rings. The minimum Gasteiger partial charge on any atom is -0.382 e. The lowest BCUT2D eigenvalue weighted by atomic mass is 10.1. The number of nitrogens with one attached hydrogen (secondary N) is 1. The average Bonchev–Trinajstić information content (AvgIpc) is 2.61. The van der Waals surface area contributed by atoms with Crippen LogP contribution in [0.5, 0.6) is 0 Å². The monoisotopic (exact) mass is 460 g/mol. The number of nitrogens with zero attached hydrogens (tertiary/aromatic N) is 1. The Morgan fingerprint density at radius 2 is 1.38 bits per heavy atom. The molecule has 3 rings (SSSR count). The normalized spacial score (nSPS) is 19.4. The van der Waals surface area contributed by atoms with Crippen molar-refractivity contribution in [3.05, 3.63) is 54.3 Å². The van der Waals surface area contributed by atoms with Gasteiger partial charge in [-0.3, -0.25) is 0 Å². The van der Waals surface area contributed by atoms with Crippen molar-refractivity contribution in [1.82, 2.24) is 4.31 Å². The van der Waals surface area contributed by atoms with Gasteiger partial charge in [0.25, 0.3) is 0 Å². The van der Waals surface area contributed by atoms with Gasteiger partial charge in [0.15, 0.2) is 0 Å². The van der Waals surface area contributed by atoms with E-state index in [2.05, 4.69) is 5.32 Å². The highest BCUT2D eigenvalue weighted by atomic mass is 32.5. The molecule has 0 amide bonds. The Morgan fingerprint density at radius 1 is 0.862 bits per heavy atom. The summed E-state index contributed by atoms with van der Waals surface area (Å²) in [6.45, 7) is 0.307. The molecule has 1 fully saturated rings. The van der Waals surface area contributed by atoms with Crippen LogP contribution < -0.4 is 5.32 Å². The fourth-order valence-corrected chi connectivity index (χ4v) is 5.16. The Labute approximate surface area is 164 Å². The summed E-state index contributed by atoms with van der Waals surface area (Å²) < 4.78 is 103. The smallest absolute Gasteiger partial charge is 0.310 e. The lowest BCUT2D eigenvalue weighted by Crippen LogP contribution is -2.42. The molecule has 0 aliphatic carbocycles. The first-order chi connectivity index (χ1) is 13.1. The summed E-state index contributed by atoms with van der Waals surface area (Å²) in [5.74, 6) is -0.553. The molecule has 0 bridgehead atoms. The van der Waals surface area contributed by atoms with Gasteiger partial charge in [-0.15, -0.1) is 0 Å². The van der Waals surface area contributed by atoms with Gasteiger partial charge in [-0.1, -0.05) is 19.4 Å². The van der Waals surface area contributed by atoms with Gasteiger partial charge in [0.1, 0.15) is 10.7 Å². The van der Waals surface area contributed by atoms with E-state index in [-0.39, 0.29) is 29.7 Å². The molecule has 1 heterocycles. The van der Waals surface area contributed by atoms with Crippen molar-refractivity contribution in [2.45, 2.75) is 28.7 Å². The van der Waals surface area contributed by atoms with Crippen LogP contribution in [0.4, 0.5) is 29.5 Å². The van der Waals surface area contributed by atoms with E-state index >= 15 is 0 Å². The van der Waals surface area contributed by atoms with Crippen molar-refractivity contribution >= 4 is 25.9 Å². The van der Waals surface area contributed by atoms with Crippen LogP contribution in [0, 0.1) is 5.82 Å². The van der Waals surface area contributed by atoms with Crippen LogP contribution in [0.25, 0.3) is 0 Å². The van der Waals surface area contributed by atoms with Gasteiger partial charge in [-0.05, 0) is 61.4 Å². The maximum atomic E-state index is 13.0. The topological polar surface area (TPSA) is 49.4 Å². The predicted molar refractivity (Wildman–Crippen MR) is 99.6 cm³/mol. The van der Waals surface area contributed by atoms with Crippen LogP contribution >= 0.6 is 10.2 Å². The van der Waals surface area contributed by atoms with E-state index in [1.807, 2.05) is 0 Å². The highest BCUT2D eigenvalue weighted by Crippen LogP contribution is 3.02. The molecule has 162 valence electrons. The van der Waals surface area contributed by atoms with E-state index in [1.54, 1.807) is 0 Å². The number of rotatable bonds is 5. The van der Waals surface area contributed by atoms with Gasteiger partial charge in [-0.2, -0.15) is 4.31 Å². The van der Waals surface area contributed by atoms with Crippen molar-refractivity contribution in [1.29, 1.82) is 0 Å². The Morgan fingerprint density at radius 3 is 1.86 bits per heavy atom. The van der Waals surface area contributed by atoms with Crippen LogP contribution in [0.15, 0.2) is 58.3 Å². The fraction of sp³-hybridized carbons (Fsp3) is 0.294. The van der Waals surface area contributed by atoms with Gasteiger partial charge < -0.3 is 5.32 Å². The standard InChI is InChI=1S/C17H18F6N2O2S2/c18-13-1-5-16(6-2-13)28(26,27)25-11-9-15(10-12-25)24-14-3-7-17(8-4-14)29(19,20,21,22)23/h1-8,15,24H,9-12H2. The van der Waals surface area contributed by atoms with Crippen molar-refractivity contribution in [3.63, 3.8) is 0 Å². The van der Waals surface area contributed by atoms with Crippen LogP contribution in [0.3, 0.4) is 0 Å². The summed E-state index contributed by atoms with van der Waals surface area (Å²) in [6.07, 6.45) is 0.730. The van der Waals surface area contributed by atoms with Crippen LogP contribution in [0.2, 0.25) is 0 Å². The Hall–Kier alpha value is -1.92. The Bertz CT molecular complexity index is 986. The summed E-state index contributed by atoms with van der Waals surface area (Å²) >= 11 is 0. The summed E-state index contributed by atoms with van der Waals surface area (Å²) in [7, 11) is -13.5. The van der Waals surface area contributed by atoms with Crippen molar-refractivity contribution in [2.75, 3.05) is 18.4 Å². The van der Waals surface area contributed by atoms with E-state index < -0.39 is 31.0 Å². The first-order valence-corrected chi connectivity index (χ1v) is 11.9.